The topological polar surface area (TPSA) is 73.2 Å². The van der Waals surface area contributed by atoms with Crippen molar-refractivity contribution >= 4 is 17.5 Å². The Bertz CT molecular complexity index is 1080. The third-order valence-electron chi connectivity index (χ3n) is 4.88. The molecule has 0 spiro atoms. The Kier molecular flexibility index (Phi) is 7.08. The van der Waals surface area contributed by atoms with E-state index in [9.17, 15) is 14.0 Å². The first-order valence-electron chi connectivity index (χ1n) is 10.5. The molecule has 0 bridgehead atoms. The van der Waals surface area contributed by atoms with E-state index in [0.717, 1.165) is 11.3 Å². The van der Waals surface area contributed by atoms with Crippen LogP contribution in [-0.2, 0) is 21.4 Å². The largest absolute Gasteiger partial charge is 0.484 e. The molecule has 3 aromatic rings. The van der Waals surface area contributed by atoms with Crippen molar-refractivity contribution in [1.82, 2.24) is 9.78 Å². The number of hydrogen-bond donors (Lipinski definition) is 1. The predicted octanol–water partition coefficient (Wildman–Crippen LogP) is 4.85. The maximum Gasteiger partial charge on any atom is 0.263 e. The van der Waals surface area contributed by atoms with Crippen LogP contribution in [0, 0.1) is 5.82 Å². The van der Waals surface area contributed by atoms with Crippen LogP contribution in [0.4, 0.5) is 10.2 Å². The number of ketones is 1. The number of aromatic nitrogens is 2. The van der Waals surface area contributed by atoms with Crippen molar-refractivity contribution in [1.29, 1.82) is 0 Å². The number of ether oxygens (including phenoxy) is 1. The molecule has 7 heteroatoms. The van der Waals surface area contributed by atoms with E-state index < -0.39 is 0 Å². The Morgan fingerprint density at radius 2 is 1.72 bits per heavy atom. The minimum absolute atomic E-state index is 0.150. The van der Waals surface area contributed by atoms with Crippen LogP contribution >= 0.6 is 0 Å². The Hall–Kier alpha value is -3.48. The Labute approximate surface area is 187 Å². The molecule has 1 N–H and O–H groups in total. The molecule has 1 aromatic heterocycles. The predicted molar refractivity (Wildman–Crippen MR) is 122 cm³/mol. The Balaban J connectivity index is 1.68. The van der Waals surface area contributed by atoms with Gasteiger partial charge in [0.2, 0.25) is 0 Å². The summed E-state index contributed by atoms with van der Waals surface area (Å²) < 4.78 is 20.5. The highest BCUT2D eigenvalue weighted by Crippen LogP contribution is 2.26. The molecule has 2 aromatic carbocycles. The van der Waals surface area contributed by atoms with Gasteiger partial charge in [-0.2, -0.15) is 5.10 Å². The number of nitrogens with one attached hydrogen (secondary N) is 1. The summed E-state index contributed by atoms with van der Waals surface area (Å²) in [7, 11) is 0. The van der Waals surface area contributed by atoms with Gasteiger partial charge in [-0.05, 0) is 55.3 Å². The van der Waals surface area contributed by atoms with Crippen molar-refractivity contribution in [2.45, 2.75) is 46.0 Å². The molecule has 168 valence electrons. The van der Waals surface area contributed by atoms with Gasteiger partial charge in [0, 0.05) is 17.9 Å². The Morgan fingerprint density at radius 3 is 2.31 bits per heavy atom. The van der Waals surface area contributed by atoms with Crippen LogP contribution in [0.2, 0.25) is 0 Å². The molecule has 0 aliphatic carbocycles. The van der Waals surface area contributed by atoms with Crippen LogP contribution in [-0.4, -0.2) is 28.1 Å². The van der Waals surface area contributed by atoms with E-state index in [-0.39, 0.29) is 29.5 Å². The number of rotatable bonds is 8. The standard InChI is InChI=1S/C25H28FN3O3/c1-17(30)5-6-18-7-13-21(14-8-18)32-16-24(31)27-23-15-22(25(2,3)4)28-29(23)20-11-9-19(26)10-12-20/h7-15H,5-6,16H2,1-4H3,(H,27,31). The molecular weight excluding hydrogens is 409 g/mol. The number of amides is 1. The number of carbonyl (C=O) groups excluding carboxylic acids is 2. The summed E-state index contributed by atoms with van der Waals surface area (Å²) >= 11 is 0. The van der Waals surface area contributed by atoms with Crippen molar-refractivity contribution < 1.29 is 18.7 Å². The first-order chi connectivity index (χ1) is 15.1. The Morgan fingerprint density at radius 1 is 1.06 bits per heavy atom. The molecule has 32 heavy (non-hydrogen) atoms. The molecule has 6 nitrogen and oxygen atoms in total. The lowest BCUT2D eigenvalue weighted by atomic mass is 9.92. The fraction of sp³-hybridized carbons (Fsp3) is 0.320. The molecule has 0 fully saturated rings. The fourth-order valence-corrected chi connectivity index (χ4v) is 3.02. The molecule has 0 aliphatic rings. The maximum atomic E-state index is 13.3. The lowest BCUT2D eigenvalue weighted by molar-refractivity contribution is -0.118. The first-order valence-corrected chi connectivity index (χ1v) is 10.5. The number of carbonyl (C=O) groups is 2. The zero-order valence-corrected chi connectivity index (χ0v) is 18.8. The summed E-state index contributed by atoms with van der Waals surface area (Å²) in [5.41, 5.74) is 2.24. The zero-order chi connectivity index (χ0) is 23.3. The van der Waals surface area contributed by atoms with E-state index in [2.05, 4.69) is 10.4 Å². The average Bonchev–Trinajstić information content (AvgIpc) is 3.16. The van der Waals surface area contributed by atoms with E-state index in [0.29, 0.717) is 30.1 Å². The van der Waals surface area contributed by atoms with Crippen molar-refractivity contribution in [2.75, 3.05) is 11.9 Å². The van der Waals surface area contributed by atoms with Gasteiger partial charge in [-0.25, -0.2) is 9.07 Å². The van der Waals surface area contributed by atoms with Gasteiger partial charge in [0.05, 0.1) is 11.4 Å². The molecule has 1 heterocycles. The van der Waals surface area contributed by atoms with E-state index in [1.807, 2.05) is 39.0 Å². The van der Waals surface area contributed by atoms with Crippen molar-refractivity contribution in [2.24, 2.45) is 0 Å². The van der Waals surface area contributed by atoms with Crippen molar-refractivity contribution in [3.8, 4) is 11.4 Å². The van der Waals surface area contributed by atoms with Gasteiger partial charge < -0.3 is 14.8 Å². The fourth-order valence-electron chi connectivity index (χ4n) is 3.02. The number of hydrogen-bond acceptors (Lipinski definition) is 4. The first kappa shape index (κ1) is 23.2. The van der Waals surface area contributed by atoms with Gasteiger partial charge in [0.25, 0.3) is 5.91 Å². The monoisotopic (exact) mass is 437 g/mol. The SMILES string of the molecule is CC(=O)CCc1ccc(OCC(=O)Nc2cc(C(C)(C)C)nn2-c2ccc(F)cc2)cc1. The van der Waals surface area contributed by atoms with Crippen LogP contribution < -0.4 is 10.1 Å². The molecule has 0 radical (unpaired) electrons. The highest BCUT2D eigenvalue weighted by Gasteiger charge is 2.21. The summed E-state index contributed by atoms with van der Waals surface area (Å²) in [4.78, 5) is 23.7. The summed E-state index contributed by atoms with van der Waals surface area (Å²) in [6.45, 7) is 7.48. The summed E-state index contributed by atoms with van der Waals surface area (Å²) in [5.74, 6) is 0.512. The second kappa shape index (κ2) is 9.77. The third kappa shape index (κ3) is 6.26. The van der Waals surface area contributed by atoms with Crippen LogP contribution in [0.25, 0.3) is 5.69 Å². The smallest absolute Gasteiger partial charge is 0.263 e. The van der Waals surface area contributed by atoms with Gasteiger partial charge in [-0.15, -0.1) is 0 Å². The van der Waals surface area contributed by atoms with Gasteiger partial charge in [-0.3, -0.25) is 4.79 Å². The number of Topliss-reactive ketones (excluding diaryl/α,β-unsaturated/α-hetero) is 1. The normalized spacial score (nSPS) is 11.3. The van der Waals surface area contributed by atoms with Crippen LogP contribution in [0.5, 0.6) is 5.75 Å². The van der Waals surface area contributed by atoms with Crippen LogP contribution in [0.1, 0.15) is 45.4 Å². The zero-order valence-electron chi connectivity index (χ0n) is 18.8. The van der Waals surface area contributed by atoms with Crippen molar-refractivity contribution in [3.05, 3.63) is 71.7 Å². The number of anilines is 1. The van der Waals surface area contributed by atoms with Crippen LogP contribution in [0.3, 0.4) is 0 Å². The lowest BCUT2D eigenvalue weighted by Gasteiger charge is -2.14. The van der Waals surface area contributed by atoms with E-state index in [1.165, 1.54) is 12.1 Å². The lowest BCUT2D eigenvalue weighted by Crippen LogP contribution is -2.21. The number of halogens is 1. The molecule has 0 saturated heterocycles. The molecule has 1 amide bonds. The summed E-state index contributed by atoms with van der Waals surface area (Å²) in [5, 5.41) is 7.44. The molecular formula is C25H28FN3O3. The molecule has 0 atom stereocenters. The minimum Gasteiger partial charge on any atom is -0.484 e. The highest BCUT2D eigenvalue weighted by molar-refractivity contribution is 5.91. The third-order valence-corrected chi connectivity index (χ3v) is 4.88. The molecule has 0 unspecified atom stereocenters. The highest BCUT2D eigenvalue weighted by atomic mass is 19.1. The summed E-state index contributed by atoms with van der Waals surface area (Å²) in [6.07, 6.45) is 1.18. The summed E-state index contributed by atoms with van der Waals surface area (Å²) in [6, 6.07) is 15.1. The quantitative estimate of drug-likeness (QED) is 0.547. The minimum atomic E-state index is -0.344. The maximum absolute atomic E-state index is 13.3. The second-order valence-corrected chi connectivity index (χ2v) is 8.74. The molecule has 0 saturated carbocycles. The van der Waals surface area contributed by atoms with Gasteiger partial charge >= 0.3 is 0 Å². The van der Waals surface area contributed by atoms with Gasteiger partial charge in [0.15, 0.2) is 6.61 Å². The van der Waals surface area contributed by atoms with E-state index in [4.69, 9.17) is 4.74 Å². The van der Waals surface area contributed by atoms with Gasteiger partial charge in [-0.1, -0.05) is 32.9 Å². The van der Waals surface area contributed by atoms with Crippen molar-refractivity contribution in [3.63, 3.8) is 0 Å². The number of benzene rings is 2. The van der Waals surface area contributed by atoms with E-state index in [1.54, 1.807) is 35.9 Å². The van der Waals surface area contributed by atoms with Crippen LogP contribution in [0.15, 0.2) is 54.6 Å². The average molecular weight is 438 g/mol. The number of nitrogens with zero attached hydrogens (tertiary/aromatic N) is 2. The number of aryl methyl sites for hydroxylation is 1. The van der Waals surface area contributed by atoms with E-state index >= 15 is 0 Å². The molecule has 3 rings (SSSR count). The second-order valence-electron chi connectivity index (χ2n) is 8.74. The molecule has 0 aliphatic heterocycles. The van der Waals surface area contributed by atoms with Gasteiger partial charge in [0.1, 0.15) is 23.2 Å².